The fourth-order valence-electron chi connectivity index (χ4n) is 2.57. The average Bonchev–Trinajstić information content (AvgIpc) is 3.24. The molecule has 10 nitrogen and oxygen atoms in total. The molecule has 3 rings (SSSR count). The van der Waals surface area contributed by atoms with Crippen LogP contribution in [0, 0.1) is 0 Å². The fraction of sp³-hybridized carbons (Fsp3) is 0.368. The predicted molar refractivity (Wildman–Crippen MR) is 110 cm³/mol. The molecule has 0 spiro atoms. The predicted octanol–water partition coefficient (Wildman–Crippen LogP) is -0.135. The van der Waals surface area contributed by atoms with Gasteiger partial charge < -0.3 is 19.7 Å². The molecule has 1 aromatic carbocycles. The second-order valence-electron chi connectivity index (χ2n) is 6.37. The lowest BCUT2D eigenvalue weighted by Crippen LogP contribution is -2.47. The van der Waals surface area contributed by atoms with Gasteiger partial charge in [-0.2, -0.15) is 0 Å². The van der Waals surface area contributed by atoms with Gasteiger partial charge in [0.1, 0.15) is 5.75 Å². The van der Waals surface area contributed by atoms with E-state index >= 15 is 0 Å². The number of nitrogens with zero attached hydrogens (tertiary/aromatic N) is 2. The number of thiazole rings is 1. The number of amides is 3. The van der Waals surface area contributed by atoms with Crippen LogP contribution in [0.4, 0.5) is 5.13 Å². The van der Waals surface area contributed by atoms with Crippen LogP contribution in [0.2, 0.25) is 0 Å². The number of hydrazine groups is 1. The van der Waals surface area contributed by atoms with E-state index in [1.165, 1.54) is 11.3 Å². The maximum absolute atomic E-state index is 12.0. The Bertz CT molecular complexity index is 854. The first kappa shape index (κ1) is 21.5. The number of rotatable bonds is 8. The monoisotopic (exact) mass is 433 g/mol. The number of ether oxygens (including phenoxy) is 2. The molecule has 1 aliphatic rings. The summed E-state index contributed by atoms with van der Waals surface area (Å²) in [5.41, 5.74) is 5.19. The zero-order valence-electron chi connectivity index (χ0n) is 16.3. The van der Waals surface area contributed by atoms with E-state index < -0.39 is 17.7 Å². The molecule has 1 fully saturated rings. The largest absolute Gasteiger partial charge is 0.484 e. The van der Waals surface area contributed by atoms with E-state index in [2.05, 4.69) is 26.1 Å². The van der Waals surface area contributed by atoms with Crippen molar-refractivity contribution >= 4 is 34.2 Å². The number of hydrogen-bond acceptors (Lipinski definition) is 8. The molecule has 0 saturated carbocycles. The molecule has 11 heteroatoms. The highest BCUT2D eigenvalue weighted by Gasteiger charge is 2.16. The zero-order chi connectivity index (χ0) is 21.2. The van der Waals surface area contributed by atoms with Crippen LogP contribution in [0.3, 0.4) is 0 Å². The Kier molecular flexibility index (Phi) is 7.98. The smallest absolute Gasteiger partial charge is 0.258 e. The molecule has 2 aromatic rings. The number of nitrogens with one attached hydrogen (secondary N) is 3. The number of para-hydroxylation sites is 1. The SMILES string of the molecule is O=C(COc1ccccc1)NCC(=O)NNC(=O)Cc1csc(N2CCOCC2)n1. The Morgan fingerprint density at radius 3 is 2.57 bits per heavy atom. The molecule has 3 N–H and O–H groups in total. The first-order valence-electron chi connectivity index (χ1n) is 9.39. The van der Waals surface area contributed by atoms with Crippen molar-refractivity contribution < 1.29 is 23.9 Å². The first-order valence-corrected chi connectivity index (χ1v) is 10.3. The second kappa shape index (κ2) is 11.1. The van der Waals surface area contributed by atoms with Crippen molar-refractivity contribution in [1.29, 1.82) is 0 Å². The van der Waals surface area contributed by atoms with Gasteiger partial charge in [-0.15, -0.1) is 11.3 Å². The van der Waals surface area contributed by atoms with Crippen LogP contribution in [0.15, 0.2) is 35.7 Å². The fourth-order valence-corrected chi connectivity index (χ4v) is 3.44. The molecule has 3 amide bonds. The third-order valence-corrected chi connectivity index (χ3v) is 5.01. The van der Waals surface area contributed by atoms with Gasteiger partial charge in [0, 0.05) is 18.5 Å². The van der Waals surface area contributed by atoms with Crippen LogP contribution in [0.5, 0.6) is 5.75 Å². The summed E-state index contributed by atoms with van der Waals surface area (Å²) >= 11 is 1.47. The molecule has 2 heterocycles. The minimum atomic E-state index is -0.552. The zero-order valence-corrected chi connectivity index (χ0v) is 17.1. The maximum Gasteiger partial charge on any atom is 0.258 e. The molecule has 0 radical (unpaired) electrons. The standard InChI is InChI=1S/C19H23N5O5S/c25-16(10-14-13-30-19(21-14)24-6-8-28-9-7-24)22-23-17(26)11-20-18(27)12-29-15-4-2-1-3-5-15/h1-5,13H,6-12H2,(H,20,27)(H,22,25)(H,23,26). The van der Waals surface area contributed by atoms with Gasteiger partial charge in [-0.25, -0.2) is 4.98 Å². The summed E-state index contributed by atoms with van der Waals surface area (Å²) in [5, 5.41) is 5.08. The maximum atomic E-state index is 12.0. The van der Waals surface area contributed by atoms with E-state index in [1.807, 2.05) is 11.4 Å². The Morgan fingerprint density at radius 1 is 1.07 bits per heavy atom. The van der Waals surface area contributed by atoms with Gasteiger partial charge in [0.05, 0.1) is 31.9 Å². The Morgan fingerprint density at radius 2 is 1.80 bits per heavy atom. The van der Waals surface area contributed by atoms with Crippen molar-refractivity contribution in [3.05, 3.63) is 41.4 Å². The number of carbonyl (C=O) groups is 3. The first-order chi connectivity index (χ1) is 14.6. The van der Waals surface area contributed by atoms with Crippen molar-refractivity contribution in [3.63, 3.8) is 0 Å². The summed E-state index contributed by atoms with van der Waals surface area (Å²) in [6.07, 6.45) is 0.0401. The third kappa shape index (κ3) is 7.01. The Balaban J connectivity index is 1.31. The number of hydrogen-bond donors (Lipinski definition) is 3. The van der Waals surface area contributed by atoms with E-state index in [1.54, 1.807) is 24.3 Å². The van der Waals surface area contributed by atoms with Crippen LogP contribution in [0.25, 0.3) is 0 Å². The normalized spacial score (nSPS) is 13.4. The van der Waals surface area contributed by atoms with Crippen LogP contribution >= 0.6 is 11.3 Å². The third-order valence-electron chi connectivity index (χ3n) is 4.06. The highest BCUT2D eigenvalue weighted by molar-refractivity contribution is 7.13. The second-order valence-corrected chi connectivity index (χ2v) is 7.21. The van der Waals surface area contributed by atoms with Crippen LogP contribution in [0.1, 0.15) is 5.69 Å². The van der Waals surface area contributed by atoms with Crippen LogP contribution < -0.4 is 25.8 Å². The summed E-state index contributed by atoms with van der Waals surface area (Å²) in [7, 11) is 0. The molecule has 0 atom stereocenters. The van der Waals surface area contributed by atoms with E-state index in [0.717, 1.165) is 18.2 Å². The highest BCUT2D eigenvalue weighted by atomic mass is 32.1. The van der Waals surface area contributed by atoms with Crippen molar-refractivity contribution in [3.8, 4) is 5.75 Å². The molecule has 30 heavy (non-hydrogen) atoms. The molecular weight excluding hydrogens is 410 g/mol. The Hall–Kier alpha value is -3.18. The van der Waals surface area contributed by atoms with Crippen molar-refractivity contribution in [2.24, 2.45) is 0 Å². The quantitative estimate of drug-likeness (QED) is 0.496. The van der Waals surface area contributed by atoms with Crippen molar-refractivity contribution in [1.82, 2.24) is 21.2 Å². The molecule has 1 saturated heterocycles. The highest BCUT2D eigenvalue weighted by Crippen LogP contribution is 2.21. The van der Waals surface area contributed by atoms with E-state index in [4.69, 9.17) is 9.47 Å². The number of anilines is 1. The average molecular weight is 433 g/mol. The number of morpholine rings is 1. The number of benzene rings is 1. The minimum Gasteiger partial charge on any atom is -0.484 e. The van der Waals surface area contributed by atoms with Gasteiger partial charge in [0.25, 0.3) is 11.8 Å². The minimum absolute atomic E-state index is 0.0401. The molecule has 0 aliphatic carbocycles. The summed E-state index contributed by atoms with van der Waals surface area (Å²) < 4.78 is 10.6. The number of carbonyl (C=O) groups excluding carboxylic acids is 3. The van der Waals surface area contributed by atoms with Gasteiger partial charge in [-0.05, 0) is 12.1 Å². The summed E-state index contributed by atoms with van der Waals surface area (Å²) in [6, 6.07) is 8.86. The Labute approximate surface area is 177 Å². The van der Waals surface area contributed by atoms with E-state index in [9.17, 15) is 14.4 Å². The lowest BCUT2D eigenvalue weighted by Gasteiger charge is -2.26. The van der Waals surface area contributed by atoms with Crippen molar-refractivity contribution in [2.45, 2.75) is 6.42 Å². The molecule has 0 bridgehead atoms. The van der Waals surface area contributed by atoms with Gasteiger partial charge >= 0.3 is 0 Å². The van der Waals surface area contributed by atoms with Gasteiger partial charge in [0.2, 0.25) is 5.91 Å². The lowest BCUT2D eigenvalue weighted by molar-refractivity contribution is -0.130. The topological polar surface area (TPSA) is 122 Å². The lowest BCUT2D eigenvalue weighted by atomic mass is 10.3. The summed E-state index contributed by atoms with van der Waals surface area (Å²) in [4.78, 5) is 42.0. The number of aromatic nitrogens is 1. The molecule has 1 aromatic heterocycles. The molecule has 0 unspecified atom stereocenters. The molecular formula is C19H23N5O5S. The summed E-state index contributed by atoms with van der Waals surface area (Å²) in [6.45, 7) is 2.38. The summed E-state index contributed by atoms with van der Waals surface area (Å²) in [5.74, 6) is -0.841. The van der Waals surface area contributed by atoms with Gasteiger partial charge in [-0.3, -0.25) is 25.2 Å². The van der Waals surface area contributed by atoms with Crippen LogP contribution in [-0.2, 0) is 25.5 Å². The molecule has 160 valence electrons. The van der Waals surface area contributed by atoms with Crippen LogP contribution in [-0.4, -0.2) is 62.2 Å². The van der Waals surface area contributed by atoms with Crippen molar-refractivity contribution in [2.75, 3.05) is 44.4 Å². The van der Waals surface area contributed by atoms with E-state index in [0.29, 0.717) is 24.7 Å². The van der Waals surface area contributed by atoms with Gasteiger partial charge in [0.15, 0.2) is 11.7 Å². The van der Waals surface area contributed by atoms with Gasteiger partial charge in [-0.1, -0.05) is 18.2 Å². The molecule has 1 aliphatic heterocycles. The van der Waals surface area contributed by atoms with E-state index in [-0.39, 0.29) is 19.6 Å².